The summed E-state index contributed by atoms with van der Waals surface area (Å²) in [6, 6.07) is 11.1. The first kappa shape index (κ1) is 25.2. The van der Waals surface area contributed by atoms with E-state index in [2.05, 4.69) is 21.6 Å². The number of nitrogens with zero attached hydrogens (tertiary/aromatic N) is 1. The second-order valence-electron chi connectivity index (χ2n) is 9.80. The zero-order valence-corrected chi connectivity index (χ0v) is 21.2. The highest BCUT2D eigenvalue weighted by Gasteiger charge is 2.46. The summed E-state index contributed by atoms with van der Waals surface area (Å²) in [5, 5.41) is 16.4. The van der Waals surface area contributed by atoms with E-state index in [0.29, 0.717) is 11.1 Å². The summed E-state index contributed by atoms with van der Waals surface area (Å²) in [5.74, 6) is -1.11. The van der Waals surface area contributed by atoms with E-state index in [1.807, 2.05) is 0 Å². The lowest BCUT2D eigenvalue weighted by Crippen LogP contribution is -2.42. The minimum Gasteiger partial charge on any atom is -0.506 e. The van der Waals surface area contributed by atoms with Crippen molar-refractivity contribution in [3.05, 3.63) is 71.8 Å². The molecule has 3 N–H and O–H groups in total. The summed E-state index contributed by atoms with van der Waals surface area (Å²) < 4.78 is 35.3. The molecule has 0 saturated carbocycles. The van der Waals surface area contributed by atoms with Crippen LogP contribution in [0.4, 0.5) is 16.2 Å². The van der Waals surface area contributed by atoms with Gasteiger partial charge in [-0.05, 0) is 57.9 Å². The normalized spacial score (nSPS) is 20.4. The molecule has 1 atom stereocenters. The van der Waals surface area contributed by atoms with Gasteiger partial charge in [0, 0.05) is 11.3 Å². The molecule has 0 saturated heterocycles. The first-order valence-corrected chi connectivity index (χ1v) is 12.7. The van der Waals surface area contributed by atoms with Crippen molar-refractivity contribution in [3.63, 3.8) is 0 Å². The van der Waals surface area contributed by atoms with Crippen LogP contribution in [0.25, 0.3) is 5.76 Å². The van der Waals surface area contributed by atoms with Crippen molar-refractivity contribution in [1.82, 2.24) is 0 Å². The highest BCUT2D eigenvalue weighted by atomic mass is 32.2. The zero-order valence-electron chi connectivity index (χ0n) is 20.4. The Labute approximate surface area is 209 Å². The van der Waals surface area contributed by atoms with E-state index in [9.17, 15) is 23.1 Å². The molecule has 1 heterocycles. The average molecular weight is 510 g/mol. The Morgan fingerprint density at radius 2 is 1.94 bits per heavy atom. The number of aliphatic hydroxyl groups excluding tert-OH is 1. The first-order valence-electron chi connectivity index (χ1n) is 11.2. The van der Waals surface area contributed by atoms with E-state index < -0.39 is 32.9 Å². The lowest BCUT2D eigenvalue weighted by Gasteiger charge is -2.35. The van der Waals surface area contributed by atoms with Crippen LogP contribution in [-0.2, 0) is 25.0 Å². The summed E-state index contributed by atoms with van der Waals surface area (Å²) in [7, 11) is -4.29. The van der Waals surface area contributed by atoms with Crippen LogP contribution in [0.1, 0.15) is 45.2 Å². The number of hydrogen-bond donors (Lipinski definition) is 3. The van der Waals surface area contributed by atoms with Crippen LogP contribution < -0.4 is 10.6 Å². The highest BCUT2D eigenvalue weighted by Crippen LogP contribution is 2.43. The number of rotatable bonds is 4. The van der Waals surface area contributed by atoms with E-state index in [-0.39, 0.29) is 39.9 Å². The molecule has 2 aromatic rings. The van der Waals surface area contributed by atoms with Gasteiger partial charge in [0.1, 0.15) is 21.8 Å². The second kappa shape index (κ2) is 8.63. The number of amides is 1. The largest absolute Gasteiger partial charge is 0.506 e. The predicted octanol–water partition coefficient (Wildman–Crippen LogP) is 4.93. The summed E-state index contributed by atoms with van der Waals surface area (Å²) in [6.07, 6.45) is 1.14. The van der Waals surface area contributed by atoms with Crippen LogP contribution >= 0.6 is 0 Å². The smallest absolute Gasteiger partial charge is 0.412 e. The van der Waals surface area contributed by atoms with Crippen LogP contribution in [0.2, 0.25) is 0 Å². The van der Waals surface area contributed by atoms with E-state index in [4.69, 9.17) is 4.74 Å². The van der Waals surface area contributed by atoms with Crippen molar-refractivity contribution in [2.45, 2.75) is 50.0 Å². The number of sulfonamides is 1. The Kier molecular flexibility index (Phi) is 6.04. The van der Waals surface area contributed by atoms with Crippen molar-refractivity contribution in [2.75, 3.05) is 10.6 Å². The fraction of sp³-hybridized carbons (Fsp3) is 0.269. The fourth-order valence-corrected chi connectivity index (χ4v) is 5.44. The molecule has 0 aromatic heterocycles. The predicted molar refractivity (Wildman–Crippen MR) is 138 cm³/mol. The van der Waals surface area contributed by atoms with E-state index >= 15 is 0 Å². The van der Waals surface area contributed by atoms with Gasteiger partial charge in [-0.15, -0.1) is 11.0 Å². The molecule has 1 amide bonds. The maximum absolute atomic E-state index is 13.7. The Bertz CT molecular complexity index is 1470. The number of ketones is 1. The molecule has 10 heteroatoms. The maximum atomic E-state index is 13.7. The molecule has 188 valence electrons. The number of Topliss-reactive ketones (excluding diaryl/α,β-unsaturated/α-hetero) is 1. The molecule has 0 spiro atoms. The van der Waals surface area contributed by atoms with Crippen molar-refractivity contribution < 1.29 is 27.9 Å². The van der Waals surface area contributed by atoms with Crippen molar-refractivity contribution in [3.8, 4) is 0 Å². The third-order valence-corrected chi connectivity index (χ3v) is 7.22. The van der Waals surface area contributed by atoms with Crippen LogP contribution in [0.3, 0.4) is 0 Å². The summed E-state index contributed by atoms with van der Waals surface area (Å²) in [4.78, 5) is 25.6. The van der Waals surface area contributed by atoms with Crippen molar-refractivity contribution in [1.29, 1.82) is 0 Å². The second-order valence-corrected chi connectivity index (χ2v) is 11.4. The number of ether oxygens (including phenoxy) is 1. The summed E-state index contributed by atoms with van der Waals surface area (Å²) in [5.41, 5.74) is -0.651. The lowest BCUT2D eigenvalue weighted by atomic mass is 9.67. The third-order valence-electron chi connectivity index (χ3n) is 5.90. The fourth-order valence-electron chi connectivity index (χ4n) is 4.29. The molecule has 1 aliphatic heterocycles. The standard InChI is InChI=1S/C26H27N3O6S/c1-6-13-26(5)17-10-8-7-9-16(17)21(30)20(22(26)31)23-28-18-12-11-15(14-19(18)36(33,34)29-23)27-24(32)35-25(2,3)4/h6-12,14,30H,1,13H2,2-5H3,(H,27,32)(H,28,29). The molecular formula is C26H27N3O6S. The van der Waals surface area contributed by atoms with Crippen LogP contribution in [-0.4, -0.2) is 36.8 Å². The number of fused-ring (bicyclic) bond motifs is 2. The van der Waals surface area contributed by atoms with Gasteiger partial charge in [-0.1, -0.05) is 30.3 Å². The van der Waals surface area contributed by atoms with Gasteiger partial charge in [0.05, 0.1) is 11.1 Å². The first-order chi connectivity index (χ1) is 16.8. The van der Waals surface area contributed by atoms with E-state index in [0.717, 1.165) is 0 Å². The number of amidine groups is 1. The van der Waals surface area contributed by atoms with E-state index in [1.165, 1.54) is 18.2 Å². The molecule has 0 radical (unpaired) electrons. The maximum Gasteiger partial charge on any atom is 0.412 e. The molecule has 9 nitrogen and oxygen atoms in total. The number of benzene rings is 2. The molecule has 0 bridgehead atoms. The number of aliphatic hydroxyl groups is 1. The minimum absolute atomic E-state index is 0.145. The van der Waals surface area contributed by atoms with Gasteiger partial charge in [-0.25, -0.2) is 4.79 Å². The minimum atomic E-state index is -4.29. The van der Waals surface area contributed by atoms with Gasteiger partial charge in [0.15, 0.2) is 11.6 Å². The Morgan fingerprint density at radius 1 is 1.25 bits per heavy atom. The highest BCUT2D eigenvalue weighted by molar-refractivity contribution is 7.90. The molecule has 2 aromatic carbocycles. The van der Waals surface area contributed by atoms with Crippen molar-refractivity contribution >= 4 is 44.9 Å². The number of anilines is 2. The molecule has 0 fully saturated rings. The Balaban J connectivity index is 1.76. The van der Waals surface area contributed by atoms with Gasteiger partial charge in [-0.2, -0.15) is 8.42 Å². The van der Waals surface area contributed by atoms with Crippen LogP contribution in [0.5, 0.6) is 0 Å². The number of carbonyl (C=O) groups excluding carboxylic acids is 2. The summed E-state index contributed by atoms with van der Waals surface area (Å²) in [6.45, 7) is 10.6. The van der Waals surface area contributed by atoms with E-state index in [1.54, 1.807) is 58.0 Å². The van der Waals surface area contributed by atoms with Gasteiger partial charge in [-0.3, -0.25) is 10.1 Å². The molecule has 4 rings (SSSR count). The van der Waals surface area contributed by atoms with Gasteiger partial charge < -0.3 is 15.2 Å². The molecule has 36 heavy (non-hydrogen) atoms. The monoisotopic (exact) mass is 509 g/mol. The molecular weight excluding hydrogens is 482 g/mol. The zero-order chi connectivity index (χ0) is 26.5. The van der Waals surface area contributed by atoms with Gasteiger partial charge in [0.25, 0.3) is 10.0 Å². The van der Waals surface area contributed by atoms with Gasteiger partial charge >= 0.3 is 6.09 Å². The van der Waals surface area contributed by atoms with Crippen molar-refractivity contribution in [2.24, 2.45) is 4.40 Å². The average Bonchev–Trinajstić information content (AvgIpc) is 2.77. The molecule has 1 unspecified atom stereocenters. The lowest BCUT2D eigenvalue weighted by molar-refractivity contribution is -0.120. The van der Waals surface area contributed by atoms with Gasteiger partial charge in [0.2, 0.25) is 0 Å². The quantitative estimate of drug-likeness (QED) is 0.497. The topological polar surface area (TPSA) is 134 Å². The number of hydrogen-bond acceptors (Lipinski definition) is 7. The SMILES string of the molecule is C=CCC1(C)C(=O)C(C2=NS(=O)(=O)c3cc(NC(=O)OC(C)(C)C)ccc3N2)=C(O)c2ccccc21. The summed E-state index contributed by atoms with van der Waals surface area (Å²) >= 11 is 0. The van der Waals surface area contributed by atoms with Crippen LogP contribution in [0.15, 0.2) is 70.0 Å². The number of allylic oxidation sites excluding steroid dienone is 1. The molecule has 2 aliphatic rings. The Morgan fingerprint density at radius 3 is 2.61 bits per heavy atom. The number of nitrogens with one attached hydrogen (secondary N) is 2. The number of carbonyl (C=O) groups is 2. The third kappa shape index (κ3) is 4.39. The van der Waals surface area contributed by atoms with Crippen LogP contribution in [0, 0.1) is 0 Å². The Hall–Kier alpha value is -3.92. The molecule has 1 aliphatic carbocycles.